The van der Waals surface area contributed by atoms with Crippen molar-refractivity contribution in [1.29, 1.82) is 0 Å². The van der Waals surface area contributed by atoms with Crippen molar-refractivity contribution in [2.24, 2.45) is 5.92 Å². The van der Waals surface area contributed by atoms with Gasteiger partial charge in [0.05, 0.1) is 0 Å². The molecule has 0 radical (unpaired) electrons. The highest BCUT2D eigenvalue weighted by Crippen LogP contribution is 2.09. The molecule has 0 aliphatic heterocycles. The van der Waals surface area contributed by atoms with E-state index in [1.807, 2.05) is 6.92 Å². The molecule has 1 atom stereocenters. The quantitative estimate of drug-likeness (QED) is 0.627. The minimum absolute atomic E-state index is 0.106. The summed E-state index contributed by atoms with van der Waals surface area (Å²) >= 11 is 0. The van der Waals surface area contributed by atoms with Gasteiger partial charge < -0.3 is 9.36 Å². The Balaban J connectivity index is 2.80. The first kappa shape index (κ1) is 9.04. The molecule has 1 aromatic rings. The average Bonchev–Trinajstić information content (AvgIpc) is 2.35. The zero-order valence-electron chi connectivity index (χ0n) is 7.87. The van der Waals surface area contributed by atoms with Crippen LogP contribution in [0.4, 0.5) is 0 Å². The first-order valence-electron chi connectivity index (χ1n) is 4.23. The van der Waals surface area contributed by atoms with E-state index in [0.717, 1.165) is 12.8 Å². The van der Waals surface area contributed by atoms with Crippen LogP contribution < -0.4 is 0 Å². The Labute approximate surface area is 73.2 Å². The zero-order chi connectivity index (χ0) is 9.14. The smallest absolute Gasteiger partial charge is 0.124 e. The molecule has 0 aromatic carbocycles. The van der Waals surface area contributed by atoms with E-state index < -0.39 is 0 Å². The maximum atomic E-state index is 10.4. The number of nitrogens with zero attached hydrogens (tertiary/aromatic N) is 1. The van der Waals surface area contributed by atoms with Gasteiger partial charge in [0.2, 0.25) is 0 Å². The summed E-state index contributed by atoms with van der Waals surface area (Å²) in [5.41, 5.74) is 2.45. The Morgan fingerprint density at radius 2 is 1.92 bits per heavy atom. The molecule has 0 spiro atoms. The Bertz CT molecular complexity index is 256. The summed E-state index contributed by atoms with van der Waals surface area (Å²) < 4.78 is 2.17. The Kier molecular flexibility index (Phi) is 2.69. The van der Waals surface area contributed by atoms with Crippen LogP contribution in [-0.2, 0) is 11.3 Å². The van der Waals surface area contributed by atoms with Gasteiger partial charge in [-0.05, 0) is 26.0 Å². The molecule has 2 heteroatoms. The molecule has 0 bridgehead atoms. The molecule has 12 heavy (non-hydrogen) atoms. The second-order valence-corrected chi connectivity index (χ2v) is 3.34. The molecule has 0 saturated carbocycles. The molecule has 66 valence electrons. The van der Waals surface area contributed by atoms with Gasteiger partial charge in [-0.25, -0.2) is 0 Å². The predicted molar refractivity (Wildman–Crippen MR) is 49.1 cm³/mol. The van der Waals surface area contributed by atoms with Crippen LogP contribution in [0, 0.1) is 19.8 Å². The second-order valence-electron chi connectivity index (χ2n) is 3.34. The lowest BCUT2D eigenvalue weighted by atomic mass is 10.2. The Morgan fingerprint density at radius 1 is 1.42 bits per heavy atom. The number of rotatable bonds is 3. The highest BCUT2D eigenvalue weighted by molar-refractivity contribution is 5.52. The lowest BCUT2D eigenvalue weighted by molar-refractivity contribution is -0.111. The Morgan fingerprint density at radius 3 is 2.33 bits per heavy atom. The maximum Gasteiger partial charge on any atom is 0.124 e. The van der Waals surface area contributed by atoms with Crippen molar-refractivity contribution in [1.82, 2.24) is 4.57 Å². The van der Waals surface area contributed by atoms with E-state index in [1.54, 1.807) is 0 Å². The number of carbonyl (C=O) groups excluding carboxylic acids is 1. The third-order valence-corrected chi connectivity index (χ3v) is 2.12. The second kappa shape index (κ2) is 3.57. The van der Waals surface area contributed by atoms with Gasteiger partial charge in [0.1, 0.15) is 6.29 Å². The fourth-order valence-electron chi connectivity index (χ4n) is 1.32. The topological polar surface area (TPSA) is 22.0 Å². The van der Waals surface area contributed by atoms with Crippen molar-refractivity contribution in [3.05, 3.63) is 23.5 Å². The van der Waals surface area contributed by atoms with Crippen LogP contribution in [0.2, 0.25) is 0 Å². The van der Waals surface area contributed by atoms with Crippen molar-refractivity contribution < 1.29 is 4.79 Å². The lowest BCUT2D eigenvalue weighted by Crippen LogP contribution is -2.10. The van der Waals surface area contributed by atoms with Crippen LogP contribution in [0.15, 0.2) is 12.1 Å². The number of hydrogen-bond acceptors (Lipinski definition) is 1. The largest absolute Gasteiger partial charge is 0.348 e. The predicted octanol–water partition coefficient (Wildman–Crippen LogP) is 1.94. The molecule has 2 nitrogen and oxygen atoms in total. The van der Waals surface area contributed by atoms with E-state index in [2.05, 4.69) is 30.5 Å². The molecule has 0 saturated heterocycles. The molecule has 0 fully saturated rings. The van der Waals surface area contributed by atoms with E-state index in [-0.39, 0.29) is 5.92 Å². The van der Waals surface area contributed by atoms with Gasteiger partial charge in [0, 0.05) is 23.9 Å². The zero-order valence-corrected chi connectivity index (χ0v) is 7.87. The first-order valence-corrected chi connectivity index (χ1v) is 4.23. The fourth-order valence-corrected chi connectivity index (χ4v) is 1.32. The van der Waals surface area contributed by atoms with Gasteiger partial charge in [-0.1, -0.05) is 6.92 Å². The van der Waals surface area contributed by atoms with Crippen molar-refractivity contribution in [3.63, 3.8) is 0 Å². The standard InChI is InChI=1S/C10H15NO/c1-8(7-12)6-11-9(2)4-5-10(11)3/h4-5,7-8H,6H2,1-3H3. The molecule has 1 aromatic heterocycles. The van der Waals surface area contributed by atoms with Crippen molar-refractivity contribution in [3.8, 4) is 0 Å². The summed E-state index contributed by atoms with van der Waals surface area (Å²) in [5, 5.41) is 0. The van der Waals surface area contributed by atoms with Crippen LogP contribution >= 0.6 is 0 Å². The first-order chi connectivity index (χ1) is 5.65. The van der Waals surface area contributed by atoms with Crippen molar-refractivity contribution in [2.45, 2.75) is 27.3 Å². The number of aryl methyl sites for hydroxylation is 2. The minimum atomic E-state index is 0.106. The van der Waals surface area contributed by atoms with Gasteiger partial charge >= 0.3 is 0 Å². The van der Waals surface area contributed by atoms with Gasteiger partial charge in [0.25, 0.3) is 0 Å². The summed E-state index contributed by atoms with van der Waals surface area (Å²) in [6, 6.07) is 4.15. The average molecular weight is 165 g/mol. The Hall–Kier alpha value is -1.05. The van der Waals surface area contributed by atoms with Crippen molar-refractivity contribution in [2.75, 3.05) is 0 Å². The normalized spacial score (nSPS) is 12.9. The summed E-state index contributed by atoms with van der Waals surface area (Å²) in [4.78, 5) is 10.4. The summed E-state index contributed by atoms with van der Waals surface area (Å²) in [6.07, 6.45) is 0.999. The van der Waals surface area contributed by atoms with Gasteiger partial charge in [-0.2, -0.15) is 0 Å². The maximum absolute atomic E-state index is 10.4. The van der Waals surface area contributed by atoms with E-state index in [1.165, 1.54) is 11.4 Å². The molecular formula is C10H15NO. The van der Waals surface area contributed by atoms with E-state index in [0.29, 0.717) is 0 Å². The molecule has 0 amide bonds. The van der Waals surface area contributed by atoms with Crippen molar-refractivity contribution >= 4 is 6.29 Å². The highest BCUT2D eigenvalue weighted by atomic mass is 16.1. The number of aromatic nitrogens is 1. The van der Waals surface area contributed by atoms with Gasteiger partial charge in [-0.15, -0.1) is 0 Å². The summed E-state index contributed by atoms with van der Waals surface area (Å²) in [5.74, 6) is 0.106. The summed E-state index contributed by atoms with van der Waals surface area (Å²) in [6.45, 7) is 6.86. The van der Waals surface area contributed by atoms with E-state index in [4.69, 9.17) is 0 Å². The minimum Gasteiger partial charge on any atom is -0.348 e. The molecule has 0 N–H and O–H groups in total. The number of hydrogen-bond donors (Lipinski definition) is 0. The van der Waals surface area contributed by atoms with Crippen LogP contribution in [0.25, 0.3) is 0 Å². The third-order valence-electron chi connectivity index (χ3n) is 2.12. The van der Waals surface area contributed by atoms with E-state index >= 15 is 0 Å². The summed E-state index contributed by atoms with van der Waals surface area (Å²) in [7, 11) is 0. The molecule has 0 aliphatic carbocycles. The van der Waals surface area contributed by atoms with Gasteiger partial charge in [-0.3, -0.25) is 0 Å². The molecule has 0 aliphatic rings. The van der Waals surface area contributed by atoms with Crippen LogP contribution in [0.1, 0.15) is 18.3 Å². The SMILES string of the molecule is Cc1ccc(C)n1CC(C)C=O. The monoisotopic (exact) mass is 165 g/mol. The van der Waals surface area contributed by atoms with Crippen LogP contribution in [-0.4, -0.2) is 10.9 Å². The van der Waals surface area contributed by atoms with Crippen LogP contribution in [0.3, 0.4) is 0 Å². The molecular weight excluding hydrogens is 150 g/mol. The van der Waals surface area contributed by atoms with E-state index in [9.17, 15) is 4.79 Å². The molecule has 1 unspecified atom stereocenters. The van der Waals surface area contributed by atoms with Gasteiger partial charge in [0.15, 0.2) is 0 Å². The lowest BCUT2D eigenvalue weighted by Gasteiger charge is -2.10. The highest BCUT2D eigenvalue weighted by Gasteiger charge is 2.04. The third kappa shape index (κ3) is 1.76. The number of carbonyl (C=O) groups is 1. The van der Waals surface area contributed by atoms with Crippen LogP contribution in [0.5, 0.6) is 0 Å². The molecule has 1 heterocycles. The molecule has 1 rings (SSSR count). The number of aldehydes is 1. The fraction of sp³-hybridized carbons (Fsp3) is 0.500.